The zero-order valence-corrected chi connectivity index (χ0v) is 17.4. The van der Waals surface area contributed by atoms with Gasteiger partial charge in [0, 0.05) is 23.6 Å². The molecule has 0 bridgehead atoms. The summed E-state index contributed by atoms with van der Waals surface area (Å²) in [7, 11) is 0. The van der Waals surface area contributed by atoms with E-state index in [1.54, 1.807) is 6.07 Å². The molecular formula is C23H27N3O3. The minimum absolute atomic E-state index is 0.137. The Kier molecular flexibility index (Phi) is 7.79. The number of hydrogen-bond donors (Lipinski definition) is 1. The molecular weight excluding hydrogens is 366 g/mol. The highest BCUT2D eigenvalue weighted by molar-refractivity contribution is 6.00. The van der Waals surface area contributed by atoms with Crippen LogP contribution in [-0.2, 0) is 27.3 Å². The first kappa shape index (κ1) is 22.0. The van der Waals surface area contributed by atoms with Gasteiger partial charge in [-0.15, -0.1) is 0 Å². The van der Waals surface area contributed by atoms with Gasteiger partial charge in [0.2, 0.25) is 0 Å². The molecule has 152 valence electrons. The number of carbonyl (C=O) groups is 2. The van der Waals surface area contributed by atoms with E-state index in [0.717, 1.165) is 41.9 Å². The smallest absolute Gasteiger partial charge is 0.349 e. The van der Waals surface area contributed by atoms with E-state index < -0.39 is 18.5 Å². The molecule has 0 radical (unpaired) electrons. The summed E-state index contributed by atoms with van der Waals surface area (Å²) in [5, 5.41) is 12.1. The molecule has 0 spiro atoms. The molecule has 0 fully saturated rings. The minimum Gasteiger partial charge on any atom is -0.451 e. The van der Waals surface area contributed by atoms with Gasteiger partial charge in [0.05, 0.1) is 0 Å². The number of anilines is 1. The fraction of sp³-hybridized carbons (Fsp3) is 0.348. The molecule has 2 rings (SSSR count). The number of rotatable bonds is 8. The first-order valence-corrected chi connectivity index (χ1v) is 9.74. The number of nitrogens with one attached hydrogen (secondary N) is 1. The second-order valence-corrected chi connectivity index (χ2v) is 6.83. The number of benzene rings is 1. The molecule has 29 heavy (non-hydrogen) atoms. The second-order valence-electron chi connectivity index (χ2n) is 6.83. The van der Waals surface area contributed by atoms with Gasteiger partial charge in [-0.05, 0) is 62.1 Å². The van der Waals surface area contributed by atoms with E-state index in [4.69, 9.17) is 4.74 Å². The largest absolute Gasteiger partial charge is 0.451 e. The molecule has 0 aliphatic rings. The van der Waals surface area contributed by atoms with Crippen LogP contribution < -0.4 is 5.32 Å². The van der Waals surface area contributed by atoms with Crippen LogP contribution in [0.25, 0.3) is 6.08 Å². The van der Waals surface area contributed by atoms with Crippen molar-refractivity contribution in [2.24, 2.45) is 0 Å². The van der Waals surface area contributed by atoms with Crippen LogP contribution in [-0.4, -0.2) is 23.1 Å². The third-order valence-corrected chi connectivity index (χ3v) is 4.65. The Bertz CT molecular complexity index is 964. The Balaban J connectivity index is 2.03. The lowest BCUT2D eigenvalue weighted by atomic mass is 10.1. The molecule has 6 heteroatoms. The van der Waals surface area contributed by atoms with Crippen LogP contribution in [0.15, 0.2) is 35.9 Å². The van der Waals surface area contributed by atoms with Crippen LogP contribution in [0.5, 0.6) is 0 Å². The third kappa shape index (κ3) is 5.82. The molecule has 1 aromatic heterocycles. The summed E-state index contributed by atoms with van der Waals surface area (Å²) in [6.07, 6.45) is 3.36. The summed E-state index contributed by atoms with van der Waals surface area (Å²) in [6.45, 7) is 8.48. The number of esters is 1. The van der Waals surface area contributed by atoms with Crippen LogP contribution in [0.1, 0.15) is 42.8 Å². The van der Waals surface area contributed by atoms with Gasteiger partial charge in [-0.3, -0.25) is 4.79 Å². The quantitative estimate of drug-likeness (QED) is 0.414. The number of aromatic nitrogens is 1. The number of nitriles is 1. The topological polar surface area (TPSA) is 84.1 Å². The predicted octanol–water partition coefficient (Wildman–Crippen LogP) is 4.17. The van der Waals surface area contributed by atoms with Gasteiger partial charge in [-0.2, -0.15) is 5.26 Å². The first-order valence-electron chi connectivity index (χ1n) is 9.74. The Morgan fingerprint density at radius 3 is 2.66 bits per heavy atom. The van der Waals surface area contributed by atoms with Crippen LogP contribution in [0.4, 0.5) is 5.69 Å². The minimum atomic E-state index is -0.815. The molecule has 0 aliphatic heterocycles. The molecule has 1 aromatic carbocycles. The van der Waals surface area contributed by atoms with Gasteiger partial charge in [0.25, 0.3) is 5.91 Å². The van der Waals surface area contributed by atoms with Crippen molar-refractivity contribution in [1.29, 1.82) is 5.26 Å². The van der Waals surface area contributed by atoms with Crippen molar-refractivity contribution in [3.05, 3.63) is 58.4 Å². The predicted molar refractivity (Wildman–Crippen MR) is 113 cm³/mol. The standard InChI is InChI=1S/C23H27N3O3/c1-5-10-26-16(3)11-19(17(26)4)13-20(14-24)23(28)29-15-22(27)25-21-9-7-8-18(6-2)12-21/h7-9,11-13H,5-6,10,15H2,1-4H3,(H,25,27)/b20-13+. The highest BCUT2D eigenvalue weighted by Gasteiger charge is 2.15. The van der Waals surface area contributed by atoms with Gasteiger partial charge in [0.15, 0.2) is 6.61 Å². The SMILES string of the molecule is CCCn1c(C)cc(/C=C(\C#N)C(=O)OCC(=O)Nc2cccc(CC)c2)c1C. The third-order valence-electron chi connectivity index (χ3n) is 4.65. The van der Waals surface area contributed by atoms with Gasteiger partial charge < -0.3 is 14.6 Å². The lowest BCUT2D eigenvalue weighted by Gasteiger charge is -2.08. The maximum Gasteiger partial charge on any atom is 0.349 e. The van der Waals surface area contributed by atoms with E-state index in [1.807, 2.05) is 51.1 Å². The number of nitrogens with zero attached hydrogens (tertiary/aromatic N) is 2. The Morgan fingerprint density at radius 1 is 1.24 bits per heavy atom. The molecule has 1 amide bonds. The van der Waals surface area contributed by atoms with Crippen molar-refractivity contribution in [2.45, 2.75) is 47.1 Å². The van der Waals surface area contributed by atoms with Crippen molar-refractivity contribution in [3.63, 3.8) is 0 Å². The number of carbonyl (C=O) groups excluding carboxylic acids is 2. The molecule has 6 nitrogen and oxygen atoms in total. The number of ether oxygens (including phenoxy) is 1. The lowest BCUT2D eigenvalue weighted by molar-refractivity contribution is -0.142. The van der Waals surface area contributed by atoms with Crippen LogP contribution in [0, 0.1) is 25.2 Å². The van der Waals surface area contributed by atoms with E-state index in [1.165, 1.54) is 6.08 Å². The Morgan fingerprint density at radius 2 is 2.00 bits per heavy atom. The summed E-state index contributed by atoms with van der Waals surface area (Å²) >= 11 is 0. The summed E-state index contributed by atoms with van der Waals surface area (Å²) in [5.74, 6) is -1.27. The van der Waals surface area contributed by atoms with Crippen molar-refractivity contribution < 1.29 is 14.3 Å². The number of amides is 1. The highest BCUT2D eigenvalue weighted by atomic mass is 16.5. The zero-order valence-electron chi connectivity index (χ0n) is 17.4. The number of hydrogen-bond acceptors (Lipinski definition) is 4. The van der Waals surface area contributed by atoms with E-state index in [2.05, 4.69) is 16.8 Å². The van der Waals surface area contributed by atoms with E-state index >= 15 is 0 Å². The molecule has 1 heterocycles. The fourth-order valence-corrected chi connectivity index (χ4v) is 3.11. The van der Waals surface area contributed by atoms with Crippen molar-refractivity contribution in [1.82, 2.24) is 4.57 Å². The second kappa shape index (κ2) is 10.3. The van der Waals surface area contributed by atoms with Crippen molar-refractivity contribution in [2.75, 3.05) is 11.9 Å². The molecule has 0 atom stereocenters. The highest BCUT2D eigenvalue weighted by Crippen LogP contribution is 2.19. The lowest BCUT2D eigenvalue weighted by Crippen LogP contribution is -2.21. The van der Waals surface area contributed by atoms with E-state index in [0.29, 0.717) is 5.69 Å². The van der Waals surface area contributed by atoms with Gasteiger partial charge in [0.1, 0.15) is 11.6 Å². The monoisotopic (exact) mass is 393 g/mol. The first-order chi connectivity index (χ1) is 13.9. The maximum atomic E-state index is 12.3. The molecule has 0 saturated heterocycles. The number of aryl methyl sites for hydroxylation is 2. The van der Waals surface area contributed by atoms with Crippen molar-refractivity contribution >= 4 is 23.6 Å². The molecule has 0 aliphatic carbocycles. The van der Waals surface area contributed by atoms with Crippen molar-refractivity contribution in [3.8, 4) is 6.07 Å². The molecule has 0 unspecified atom stereocenters. The van der Waals surface area contributed by atoms with Crippen LogP contribution >= 0.6 is 0 Å². The zero-order chi connectivity index (χ0) is 21.4. The van der Waals surface area contributed by atoms with Gasteiger partial charge in [-0.1, -0.05) is 26.0 Å². The summed E-state index contributed by atoms with van der Waals surface area (Å²) in [4.78, 5) is 24.3. The van der Waals surface area contributed by atoms with E-state index in [9.17, 15) is 14.9 Å². The fourth-order valence-electron chi connectivity index (χ4n) is 3.11. The average Bonchev–Trinajstić information content (AvgIpc) is 2.98. The van der Waals surface area contributed by atoms with Gasteiger partial charge >= 0.3 is 5.97 Å². The van der Waals surface area contributed by atoms with Crippen LogP contribution in [0.3, 0.4) is 0 Å². The Labute approximate surface area is 171 Å². The maximum absolute atomic E-state index is 12.3. The summed E-state index contributed by atoms with van der Waals surface area (Å²) in [5.41, 5.74) is 4.45. The Hall–Kier alpha value is -3.33. The average molecular weight is 393 g/mol. The van der Waals surface area contributed by atoms with Gasteiger partial charge in [-0.25, -0.2) is 4.79 Å². The van der Waals surface area contributed by atoms with E-state index in [-0.39, 0.29) is 5.57 Å². The summed E-state index contributed by atoms with van der Waals surface area (Å²) in [6, 6.07) is 11.3. The van der Waals surface area contributed by atoms with Crippen LogP contribution in [0.2, 0.25) is 0 Å². The molecule has 0 saturated carbocycles. The normalized spacial score (nSPS) is 11.1. The molecule has 2 aromatic rings. The summed E-state index contributed by atoms with van der Waals surface area (Å²) < 4.78 is 7.18. The molecule has 1 N–H and O–H groups in total.